The van der Waals surface area contributed by atoms with E-state index in [2.05, 4.69) is 46.6 Å². The fourth-order valence-electron chi connectivity index (χ4n) is 4.00. The molecule has 29 heavy (non-hydrogen) atoms. The van der Waals surface area contributed by atoms with Gasteiger partial charge in [-0.3, -0.25) is 5.10 Å². The molecule has 5 nitrogen and oxygen atoms in total. The van der Waals surface area contributed by atoms with Crippen molar-refractivity contribution in [3.05, 3.63) is 94.9 Å². The van der Waals surface area contributed by atoms with E-state index in [0.29, 0.717) is 11.5 Å². The molecule has 0 radical (unpaired) electrons. The van der Waals surface area contributed by atoms with Gasteiger partial charge in [0.1, 0.15) is 11.6 Å². The summed E-state index contributed by atoms with van der Waals surface area (Å²) in [7, 11) is 0. The first kappa shape index (κ1) is 17.1. The molecule has 4 aromatic rings. The standard InChI is InChI=1S/C24H18N4O/c1-14-9-11-16(12-10-14)22-21-20(19(13-25)23(26)29-24(21)28-27-22)18-8-4-6-15-5-2-3-7-17(15)18/h2-12,20H,26H2,1H3,(H,27,28)/t20-/m1/s1. The number of H-pyrrole nitrogens is 1. The predicted octanol–water partition coefficient (Wildman–Crippen LogP) is 4.76. The number of aromatic amines is 1. The Morgan fingerprint density at radius 3 is 2.59 bits per heavy atom. The van der Waals surface area contributed by atoms with Crippen molar-refractivity contribution in [2.75, 3.05) is 0 Å². The molecule has 140 valence electrons. The number of nitrogens with one attached hydrogen (secondary N) is 1. The molecule has 1 aliphatic rings. The summed E-state index contributed by atoms with van der Waals surface area (Å²) in [5, 5.41) is 19.6. The van der Waals surface area contributed by atoms with Gasteiger partial charge >= 0.3 is 0 Å². The number of hydrogen-bond donors (Lipinski definition) is 2. The smallest absolute Gasteiger partial charge is 0.244 e. The number of hydrogen-bond acceptors (Lipinski definition) is 4. The monoisotopic (exact) mass is 378 g/mol. The molecule has 1 aromatic heterocycles. The number of rotatable bonds is 2. The van der Waals surface area contributed by atoms with Crippen LogP contribution in [0.1, 0.15) is 22.6 Å². The summed E-state index contributed by atoms with van der Waals surface area (Å²) in [6.45, 7) is 2.05. The molecule has 0 saturated heterocycles. The number of aromatic nitrogens is 2. The number of fused-ring (bicyclic) bond motifs is 2. The number of benzene rings is 3. The van der Waals surface area contributed by atoms with Crippen molar-refractivity contribution in [3.63, 3.8) is 0 Å². The zero-order valence-corrected chi connectivity index (χ0v) is 15.8. The molecule has 0 spiro atoms. The zero-order valence-electron chi connectivity index (χ0n) is 15.8. The molecule has 5 rings (SSSR count). The van der Waals surface area contributed by atoms with Crippen LogP contribution in [-0.2, 0) is 0 Å². The molecule has 2 heterocycles. The molecule has 5 heteroatoms. The van der Waals surface area contributed by atoms with Gasteiger partial charge < -0.3 is 10.5 Å². The second-order valence-corrected chi connectivity index (χ2v) is 7.18. The average Bonchev–Trinajstić information content (AvgIpc) is 3.16. The van der Waals surface area contributed by atoms with Crippen LogP contribution in [-0.4, -0.2) is 10.2 Å². The van der Waals surface area contributed by atoms with Gasteiger partial charge in [-0.05, 0) is 23.3 Å². The number of allylic oxidation sites excluding steroid dienone is 1. The van der Waals surface area contributed by atoms with Crippen LogP contribution in [0.5, 0.6) is 5.88 Å². The SMILES string of the molecule is Cc1ccc(-c2[nH]nc3c2[C@H](c2cccc4ccccc24)C(C#N)=C(N)O3)cc1. The van der Waals surface area contributed by atoms with Crippen LogP contribution in [0.4, 0.5) is 0 Å². The minimum atomic E-state index is -0.370. The molecular weight excluding hydrogens is 360 g/mol. The van der Waals surface area contributed by atoms with Crippen LogP contribution in [0.3, 0.4) is 0 Å². The van der Waals surface area contributed by atoms with Crippen LogP contribution < -0.4 is 10.5 Å². The summed E-state index contributed by atoms with van der Waals surface area (Å²) in [5.74, 6) is 0.139. The van der Waals surface area contributed by atoms with Gasteiger partial charge in [0.15, 0.2) is 0 Å². The molecule has 3 N–H and O–H groups in total. The van der Waals surface area contributed by atoms with Crippen LogP contribution in [0, 0.1) is 18.3 Å². The molecule has 0 saturated carbocycles. The first-order valence-corrected chi connectivity index (χ1v) is 9.38. The third kappa shape index (κ3) is 2.66. The predicted molar refractivity (Wildman–Crippen MR) is 112 cm³/mol. The van der Waals surface area contributed by atoms with E-state index >= 15 is 0 Å². The third-order valence-corrected chi connectivity index (χ3v) is 5.41. The first-order valence-electron chi connectivity index (χ1n) is 9.38. The second-order valence-electron chi connectivity index (χ2n) is 7.18. The molecule has 0 bridgehead atoms. The van der Waals surface area contributed by atoms with Crippen molar-refractivity contribution in [1.29, 1.82) is 5.26 Å². The van der Waals surface area contributed by atoms with E-state index in [1.807, 2.05) is 43.3 Å². The molecule has 3 aromatic carbocycles. The van der Waals surface area contributed by atoms with E-state index in [4.69, 9.17) is 10.5 Å². The second kappa shape index (κ2) is 6.54. The van der Waals surface area contributed by atoms with E-state index < -0.39 is 0 Å². The van der Waals surface area contributed by atoms with Crippen molar-refractivity contribution in [3.8, 4) is 23.2 Å². The van der Waals surface area contributed by atoms with Crippen molar-refractivity contribution < 1.29 is 4.74 Å². The minimum Gasteiger partial charge on any atom is -0.420 e. The summed E-state index contributed by atoms with van der Waals surface area (Å²) in [5.41, 5.74) is 11.3. The quantitative estimate of drug-likeness (QED) is 0.526. The molecule has 0 aliphatic carbocycles. The Hall–Kier alpha value is -4.04. The van der Waals surface area contributed by atoms with E-state index in [-0.39, 0.29) is 11.8 Å². The lowest BCUT2D eigenvalue weighted by Gasteiger charge is -2.25. The van der Waals surface area contributed by atoms with Gasteiger partial charge in [-0.25, -0.2) is 0 Å². The summed E-state index contributed by atoms with van der Waals surface area (Å²) in [6, 6.07) is 24.7. The van der Waals surface area contributed by atoms with E-state index in [1.54, 1.807) is 0 Å². The van der Waals surface area contributed by atoms with E-state index in [9.17, 15) is 5.26 Å². The number of nitrogens with two attached hydrogens (primary N) is 1. The number of ether oxygens (including phenoxy) is 1. The minimum absolute atomic E-state index is 0.0971. The fourth-order valence-corrected chi connectivity index (χ4v) is 4.00. The number of nitriles is 1. The van der Waals surface area contributed by atoms with Crippen LogP contribution in [0.2, 0.25) is 0 Å². The van der Waals surface area contributed by atoms with Gasteiger partial charge in [0.2, 0.25) is 11.8 Å². The molecule has 0 fully saturated rings. The maximum atomic E-state index is 9.93. The van der Waals surface area contributed by atoms with Crippen molar-refractivity contribution >= 4 is 10.8 Å². The summed E-state index contributed by atoms with van der Waals surface area (Å²) in [6.07, 6.45) is 0. The Morgan fingerprint density at radius 1 is 1.03 bits per heavy atom. The molecule has 0 unspecified atom stereocenters. The maximum Gasteiger partial charge on any atom is 0.244 e. The van der Waals surface area contributed by atoms with E-state index in [0.717, 1.165) is 33.2 Å². The third-order valence-electron chi connectivity index (χ3n) is 5.41. The topological polar surface area (TPSA) is 87.7 Å². The van der Waals surface area contributed by atoms with Crippen LogP contribution >= 0.6 is 0 Å². The maximum absolute atomic E-state index is 9.93. The Labute approximate surface area is 168 Å². The van der Waals surface area contributed by atoms with Gasteiger partial charge in [-0.1, -0.05) is 72.3 Å². The molecule has 1 atom stereocenters. The van der Waals surface area contributed by atoms with E-state index in [1.165, 1.54) is 5.56 Å². The Morgan fingerprint density at radius 2 is 1.79 bits per heavy atom. The Bertz CT molecular complexity index is 1300. The Balaban J connectivity index is 1.80. The average molecular weight is 378 g/mol. The zero-order chi connectivity index (χ0) is 20.0. The number of aryl methyl sites for hydroxylation is 1. The molecular formula is C24H18N4O. The highest BCUT2D eigenvalue weighted by Crippen LogP contribution is 2.47. The summed E-state index contributed by atoms with van der Waals surface area (Å²) >= 11 is 0. The highest BCUT2D eigenvalue weighted by molar-refractivity contribution is 5.88. The normalized spacial score (nSPS) is 15.7. The largest absolute Gasteiger partial charge is 0.420 e. The van der Waals surface area contributed by atoms with Crippen molar-refractivity contribution in [1.82, 2.24) is 10.2 Å². The van der Waals surface area contributed by atoms with Crippen LogP contribution in [0.15, 0.2) is 78.2 Å². The number of nitrogens with zero attached hydrogens (tertiary/aromatic N) is 2. The van der Waals surface area contributed by atoms with Gasteiger partial charge in [0, 0.05) is 5.56 Å². The van der Waals surface area contributed by atoms with Crippen molar-refractivity contribution in [2.45, 2.75) is 12.8 Å². The molecule has 0 amide bonds. The molecule has 1 aliphatic heterocycles. The Kier molecular flexibility index (Phi) is 3.85. The summed E-state index contributed by atoms with van der Waals surface area (Å²) < 4.78 is 5.72. The highest BCUT2D eigenvalue weighted by Gasteiger charge is 2.36. The lowest BCUT2D eigenvalue weighted by molar-refractivity contribution is 0.379. The summed E-state index contributed by atoms with van der Waals surface area (Å²) in [4.78, 5) is 0. The van der Waals surface area contributed by atoms with Crippen LogP contribution in [0.25, 0.3) is 22.0 Å². The fraction of sp³-hybridized carbons (Fsp3) is 0.0833. The van der Waals surface area contributed by atoms with Gasteiger partial charge in [0.25, 0.3) is 0 Å². The van der Waals surface area contributed by atoms with Crippen molar-refractivity contribution in [2.24, 2.45) is 5.73 Å². The first-order chi connectivity index (χ1) is 14.2. The van der Waals surface area contributed by atoms with Gasteiger partial charge in [-0.15, -0.1) is 5.10 Å². The van der Waals surface area contributed by atoms with Gasteiger partial charge in [-0.2, -0.15) is 5.26 Å². The van der Waals surface area contributed by atoms with Gasteiger partial charge in [0.05, 0.1) is 17.2 Å². The lowest BCUT2D eigenvalue weighted by Crippen LogP contribution is -2.21. The highest BCUT2D eigenvalue weighted by atomic mass is 16.5. The lowest BCUT2D eigenvalue weighted by atomic mass is 9.81.